The zero-order valence-corrected chi connectivity index (χ0v) is 24.2. The maximum absolute atomic E-state index is 4.59. The second-order valence-corrected chi connectivity index (χ2v) is 12.0. The van der Waals surface area contributed by atoms with E-state index in [1.165, 1.54) is 44.8 Å². The third-order valence-electron chi connectivity index (χ3n) is 8.58. The molecule has 2 heterocycles. The molecule has 0 radical (unpaired) electrons. The Morgan fingerprint density at radius 1 is 0.973 bits per heavy atom. The lowest BCUT2D eigenvalue weighted by molar-refractivity contribution is 0.109. The Kier molecular flexibility index (Phi) is 8.50. The van der Waals surface area contributed by atoms with Gasteiger partial charge in [-0.1, -0.05) is 56.5 Å². The molecule has 4 nitrogen and oxygen atoms in total. The van der Waals surface area contributed by atoms with Crippen molar-refractivity contribution >= 4 is 5.70 Å². The highest BCUT2D eigenvalue weighted by molar-refractivity contribution is 5.67. The van der Waals surface area contributed by atoms with Crippen LogP contribution in [-0.2, 0) is 25.9 Å². The van der Waals surface area contributed by atoms with Crippen LogP contribution in [0.3, 0.4) is 0 Å². The topological polar surface area (TPSA) is 13.0 Å². The molecule has 4 rings (SSSR count). The van der Waals surface area contributed by atoms with Crippen molar-refractivity contribution in [2.45, 2.75) is 65.6 Å². The fourth-order valence-corrected chi connectivity index (χ4v) is 5.92. The minimum atomic E-state index is 0.132. The first kappa shape index (κ1) is 27.5. The molecule has 0 amide bonds. The van der Waals surface area contributed by atoms with Crippen molar-refractivity contribution in [1.29, 1.82) is 0 Å². The number of benzene rings is 2. The third-order valence-corrected chi connectivity index (χ3v) is 8.58. The predicted molar refractivity (Wildman–Crippen MR) is 159 cm³/mol. The van der Waals surface area contributed by atoms with E-state index in [0.717, 1.165) is 65.1 Å². The molecule has 1 saturated heterocycles. The number of nitrogens with zero attached hydrogens (tertiary/aromatic N) is 4. The molecule has 0 bridgehead atoms. The van der Waals surface area contributed by atoms with Crippen molar-refractivity contribution in [1.82, 2.24) is 19.6 Å². The average Bonchev–Trinajstić information content (AvgIpc) is 3.33. The normalized spacial score (nSPS) is 16.4. The maximum Gasteiger partial charge on any atom is 0.0371 e. The van der Waals surface area contributed by atoms with Crippen molar-refractivity contribution in [3.63, 3.8) is 0 Å². The average molecular weight is 501 g/mol. The van der Waals surface area contributed by atoms with Gasteiger partial charge >= 0.3 is 0 Å². The van der Waals surface area contributed by atoms with Gasteiger partial charge in [-0.25, -0.2) is 0 Å². The SMILES string of the molecule is C=C(CN(C)C)N1CCN(C(=C)c2cccc3c2CN(C(C)(C)CCc2ccc(C)c(CC)c2)C3)CC1. The molecule has 2 aromatic carbocycles. The second-order valence-electron chi connectivity index (χ2n) is 12.0. The Bertz CT molecular complexity index is 1120. The molecule has 200 valence electrons. The molecule has 1 fully saturated rings. The van der Waals surface area contributed by atoms with Gasteiger partial charge in [0.25, 0.3) is 0 Å². The van der Waals surface area contributed by atoms with Crippen LogP contribution in [0.5, 0.6) is 0 Å². The zero-order chi connectivity index (χ0) is 26.7. The lowest BCUT2D eigenvalue weighted by Crippen LogP contribution is -2.45. The Morgan fingerprint density at radius 2 is 1.68 bits per heavy atom. The zero-order valence-electron chi connectivity index (χ0n) is 24.2. The van der Waals surface area contributed by atoms with Gasteiger partial charge in [0.15, 0.2) is 0 Å². The van der Waals surface area contributed by atoms with Gasteiger partial charge in [-0.05, 0) is 81.9 Å². The van der Waals surface area contributed by atoms with Gasteiger partial charge in [-0.3, -0.25) is 4.90 Å². The van der Waals surface area contributed by atoms with E-state index in [-0.39, 0.29) is 5.54 Å². The first-order valence-electron chi connectivity index (χ1n) is 14.0. The van der Waals surface area contributed by atoms with Crippen LogP contribution < -0.4 is 0 Å². The molecule has 0 spiro atoms. The summed E-state index contributed by atoms with van der Waals surface area (Å²) >= 11 is 0. The number of hydrogen-bond donors (Lipinski definition) is 0. The van der Waals surface area contributed by atoms with Crippen LogP contribution in [0.1, 0.15) is 60.6 Å². The summed E-state index contributed by atoms with van der Waals surface area (Å²) in [7, 11) is 4.21. The van der Waals surface area contributed by atoms with E-state index < -0.39 is 0 Å². The van der Waals surface area contributed by atoms with E-state index in [1.807, 2.05) is 0 Å². The second kappa shape index (κ2) is 11.4. The summed E-state index contributed by atoms with van der Waals surface area (Å²) in [6.45, 7) is 25.2. The number of aryl methyl sites for hydroxylation is 3. The fraction of sp³-hybridized carbons (Fsp3) is 0.515. The molecule has 2 aromatic rings. The summed E-state index contributed by atoms with van der Waals surface area (Å²) in [6.07, 6.45) is 3.38. The van der Waals surface area contributed by atoms with E-state index in [1.54, 1.807) is 0 Å². The number of rotatable bonds is 10. The van der Waals surface area contributed by atoms with Crippen LogP contribution in [0.2, 0.25) is 0 Å². The van der Waals surface area contributed by atoms with Crippen LogP contribution in [0.4, 0.5) is 0 Å². The summed E-state index contributed by atoms with van der Waals surface area (Å²) in [5.41, 5.74) is 11.2. The molecule has 2 aliphatic heterocycles. The molecular formula is C33H48N4. The number of likely N-dealkylation sites (N-methyl/N-ethyl adjacent to an activating group) is 1. The molecule has 0 atom stereocenters. The lowest BCUT2D eigenvalue weighted by Gasteiger charge is -2.40. The summed E-state index contributed by atoms with van der Waals surface area (Å²) in [5, 5.41) is 0. The van der Waals surface area contributed by atoms with Crippen LogP contribution in [0, 0.1) is 6.92 Å². The van der Waals surface area contributed by atoms with Gasteiger partial charge in [0.1, 0.15) is 0 Å². The standard InChI is InChI=1S/C33H48N4/c1-9-29-21-28(14-13-25(29)2)15-16-33(5,6)37-23-30-11-10-12-31(32(30)24-37)27(4)36-19-17-35(18-20-36)26(3)22-34(7)8/h10-14,21H,3-4,9,15-20,22-24H2,1-2,5-8H3. The lowest BCUT2D eigenvalue weighted by atomic mass is 9.92. The first-order valence-corrected chi connectivity index (χ1v) is 14.0. The minimum absolute atomic E-state index is 0.132. The highest BCUT2D eigenvalue weighted by atomic mass is 15.3. The van der Waals surface area contributed by atoms with Crippen molar-refractivity contribution in [2.24, 2.45) is 0 Å². The molecule has 37 heavy (non-hydrogen) atoms. The van der Waals surface area contributed by atoms with Crippen molar-refractivity contribution in [2.75, 3.05) is 46.8 Å². The Morgan fingerprint density at radius 3 is 2.35 bits per heavy atom. The number of piperazine rings is 1. The van der Waals surface area contributed by atoms with Gasteiger partial charge in [0.2, 0.25) is 0 Å². The van der Waals surface area contributed by atoms with Crippen LogP contribution in [-0.4, -0.2) is 72.0 Å². The fourth-order valence-electron chi connectivity index (χ4n) is 5.92. The van der Waals surface area contributed by atoms with Crippen molar-refractivity contribution in [3.8, 4) is 0 Å². The summed E-state index contributed by atoms with van der Waals surface area (Å²) in [4.78, 5) is 9.77. The highest BCUT2D eigenvalue weighted by Gasteiger charge is 2.33. The number of hydrogen-bond acceptors (Lipinski definition) is 4. The molecule has 0 N–H and O–H groups in total. The van der Waals surface area contributed by atoms with Crippen LogP contribution in [0.25, 0.3) is 5.70 Å². The van der Waals surface area contributed by atoms with E-state index in [4.69, 9.17) is 0 Å². The minimum Gasteiger partial charge on any atom is -0.371 e. The van der Waals surface area contributed by atoms with Crippen LogP contribution >= 0.6 is 0 Å². The largest absolute Gasteiger partial charge is 0.371 e. The summed E-state index contributed by atoms with van der Waals surface area (Å²) < 4.78 is 0. The first-order chi connectivity index (χ1) is 17.6. The molecule has 0 unspecified atom stereocenters. The summed E-state index contributed by atoms with van der Waals surface area (Å²) in [6, 6.07) is 13.9. The third kappa shape index (κ3) is 6.30. The predicted octanol–water partition coefficient (Wildman–Crippen LogP) is 5.95. The molecule has 0 aromatic heterocycles. The Hall–Kier alpha value is -2.56. The summed E-state index contributed by atoms with van der Waals surface area (Å²) in [5.74, 6) is 0. The van der Waals surface area contributed by atoms with Crippen LogP contribution in [0.15, 0.2) is 55.3 Å². The van der Waals surface area contributed by atoms with Gasteiger partial charge in [0, 0.05) is 68.3 Å². The van der Waals surface area contributed by atoms with Crippen molar-refractivity contribution in [3.05, 3.63) is 88.6 Å². The molecular weight excluding hydrogens is 452 g/mol. The Balaban J connectivity index is 1.39. The number of fused-ring (bicyclic) bond motifs is 1. The van der Waals surface area contributed by atoms with Crippen molar-refractivity contribution < 1.29 is 0 Å². The smallest absolute Gasteiger partial charge is 0.0371 e. The molecule has 4 heteroatoms. The van der Waals surface area contributed by atoms with Gasteiger partial charge in [-0.2, -0.15) is 0 Å². The monoisotopic (exact) mass is 500 g/mol. The quantitative estimate of drug-likeness (QED) is 0.400. The van der Waals surface area contributed by atoms with Gasteiger partial charge < -0.3 is 14.7 Å². The molecule has 2 aliphatic rings. The molecule has 0 aliphatic carbocycles. The van der Waals surface area contributed by atoms with E-state index in [9.17, 15) is 0 Å². The Labute approximate surface area is 226 Å². The van der Waals surface area contributed by atoms with E-state index >= 15 is 0 Å². The van der Waals surface area contributed by atoms with Gasteiger partial charge in [0.05, 0.1) is 0 Å². The highest BCUT2D eigenvalue weighted by Crippen LogP contribution is 2.36. The van der Waals surface area contributed by atoms with E-state index in [2.05, 4.69) is 111 Å². The molecule has 0 saturated carbocycles. The van der Waals surface area contributed by atoms with Gasteiger partial charge in [-0.15, -0.1) is 0 Å². The maximum atomic E-state index is 4.59. The van der Waals surface area contributed by atoms with E-state index in [0.29, 0.717) is 0 Å².